The highest BCUT2D eigenvalue weighted by Gasteiger charge is 2.21. The molecule has 2 N–H and O–H groups in total. The van der Waals surface area contributed by atoms with E-state index in [-0.39, 0.29) is 17.9 Å². The summed E-state index contributed by atoms with van der Waals surface area (Å²) < 4.78 is 5.67. The summed E-state index contributed by atoms with van der Waals surface area (Å²) in [5, 5.41) is 11.9. The third-order valence-electron chi connectivity index (χ3n) is 4.07. The molecule has 0 bridgehead atoms. The van der Waals surface area contributed by atoms with Crippen LogP contribution in [0.25, 0.3) is 0 Å². The lowest BCUT2D eigenvalue weighted by molar-refractivity contribution is -0.115. The lowest BCUT2D eigenvalue weighted by Crippen LogP contribution is -2.15. The number of hydrogen-bond donors (Lipinski definition) is 2. The van der Waals surface area contributed by atoms with Crippen LogP contribution < -0.4 is 5.32 Å². The first kappa shape index (κ1) is 17.2. The molecule has 1 aliphatic rings. The van der Waals surface area contributed by atoms with Crippen molar-refractivity contribution in [3.63, 3.8) is 0 Å². The van der Waals surface area contributed by atoms with E-state index in [1.54, 1.807) is 12.1 Å². The number of carboxylic acids is 1. The van der Waals surface area contributed by atoms with Gasteiger partial charge in [-0.05, 0) is 54.2 Å². The van der Waals surface area contributed by atoms with E-state index in [0.717, 1.165) is 18.1 Å². The quantitative estimate of drug-likeness (QED) is 0.772. The number of amides is 1. The second-order valence-corrected chi connectivity index (χ2v) is 6.39. The van der Waals surface area contributed by atoms with E-state index in [4.69, 9.17) is 9.84 Å². The third-order valence-corrected chi connectivity index (χ3v) is 4.07. The summed E-state index contributed by atoms with van der Waals surface area (Å²) in [7, 11) is 0. The van der Waals surface area contributed by atoms with E-state index in [1.165, 1.54) is 25.0 Å². The third kappa shape index (κ3) is 5.43. The van der Waals surface area contributed by atoms with Crippen LogP contribution in [0.5, 0.6) is 0 Å². The highest BCUT2D eigenvalue weighted by Crippen LogP contribution is 2.29. The molecule has 0 aromatic heterocycles. The van der Waals surface area contributed by atoms with Crippen molar-refractivity contribution in [1.29, 1.82) is 0 Å². The zero-order chi connectivity index (χ0) is 17.6. The van der Waals surface area contributed by atoms with Crippen molar-refractivity contribution in [2.75, 3.05) is 11.9 Å². The summed E-state index contributed by atoms with van der Waals surface area (Å²) in [6.45, 7) is 1.34. The fraction of sp³-hybridized carbons (Fsp3) is 0.300. The molecule has 2 aromatic rings. The number of benzene rings is 2. The lowest BCUT2D eigenvalue weighted by Gasteiger charge is -2.08. The molecule has 0 heterocycles. The van der Waals surface area contributed by atoms with Gasteiger partial charge in [0.15, 0.2) is 0 Å². The Morgan fingerprint density at radius 2 is 1.84 bits per heavy atom. The van der Waals surface area contributed by atoms with E-state index < -0.39 is 5.97 Å². The van der Waals surface area contributed by atoms with E-state index in [0.29, 0.717) is 17.9 Å². The summed E-state index contributed by atoms with van der Waals surface area (Å²) in [6.07, 6.45) is 2.65. The maximum absolute atomic E-state index is 12.2. The molecule has 0 radical (unpaired) electrons. The minimum Gasteiger partial charge on any atom is -0.478 e. The van der Waals surface area contributed by atoms with Crippen LogP contribution in [0.1, 0.15) is 34.3 Å². The normalized spacial score (nSPS) is 13.4. The van der Waals surface area contributed by atoms with Crippen molar-refractivity contribution in [2.24, 2.45) is 5.92 Å². The Hall–Kier alpha value is -2.66. The van der Waals surface area contributed by atoms with Gasteiger partial charge in [-0.3, -0.25) is 4.79 Å². The SMILES string of the molecule is O=C(Cc1cccc(C(=O)O)c1)Nc1cccc(COCC2CC2)c1. The molecule has 1 amide bonds. The van der Waals surface area contributed by atoms with Gasteiger partial charge >= 0.3 is 5.97 Å². The average molecular weight is 339 g/mol. The summed E-state index contributed by atoms with van der Waals surface area (Å²) in [6, 6.07) is 14.0. The molecule has 5 heteroatoms. The number of aromatic carboxylic acids is 1. The van der Waals surface area contributed by atoms with Crippen LogP contribution in [0.2, 0.25) is 0 Å². The molecular formula is C20H21NO4. The molecule has 0 saturated heterocycles. The van der Waals surface area contributed by atoms with Crippen LogP contribution in [0.15, 0.2) is 48.5 Å². The molecule has 1 saturated carbocycles. The number of carbonyl (C=O) groups is 2. The molecule has 1 aliphatic carbocycles. The minimum absolute atomic E-state index is 0.128. The smallest absolute Gasteiger partial charge is 0.335 e. The number of rotatable bonds is 8. The monoisotopic (exact) mass is 339 g/mol. The molecule has 0 unspecified atom stereocenters. The van der Waals surface area contributed by atoms with Gasteiger partial charge in [0.05, 0.1) is 18.6 Å². The van der Waals surface area contributed by atoms with Gasteiger partial charge in [0.25, 0.3) is 0 Å². The summed E-state index contributed by atoms with van der Waals surface area (Å²) >= 11 is 0. The standard InChI is InChI=1S/C20H21NO4/c22-19(11-15-3-1-5-17(9-15)20(23)24)21-18-6-2-4-16(10-18)13-25-12-14-7-8-14/h1-6,9-10,14H,7-8,11-13H2,(H,21,22)(H,23,24). The molecular weight excluding hydrogens is 318 g/mol. The van der Waals surface area contributed by atoms with Crippen LogP contribution in [0, 0.1) is 5.92 Å². The lowest BCUT2D eigenvalue weighted by atomic mass is 10.1. The number of carbonyl (C=O) groups excluding carboxylic acids is 1. The molecule has 5 nitrogen and oxygen atoms in total. The highest BCUT2D eigenvalue weighted by molar-refractivity contribution is 5.93. The number of ether oxygens (including phenoxy) is 1. The first-order valence-corrected chi connectivity index (χ1v) is 8.39. The fourth-order valence-electron chi connectivity index (χ4n) is 2.57. The van der Waals surface area contributed by atoms with Crippen LogP contribution in [0.3, 0.4) is 0 Å². The Balaban J connectivity index is 1.54. The second kappa shape index (κ2) is 7.94. The molecule has 2 aromatic carbocycles. The van der Waals surface area contributed by atoms with Crippen molar-refractivity contribution < 1.29 is 19.4 Å². The van der Waals surface area contributed by atoms with Gasteiger partial charge < -0.3 is 15.2 Å². The Kier molecular flexibility index (Phi) is 5.46. The van der Waals surface area contributed by atoms with E-state index in [9.17, 15) is 9.59 Å². The van der Waals surface area contributed by atoms with Crippen molar-refractivity contribution in [3.8, 4) is 0 Å². The summed E-state index contributed by atoms with van der Waals surface area (Å²) in [5.41, 5.74) is 2.58. The van der Waals surface area contributed by atoms with Crippen molar-refractivity contribution in [1.82, 2.24) is 0 Å². The first-order valence-electron chi connectivity index (χ1n) is 8.39. The topological polar surface area (TPSA) is 75.6 Å². The van der Waals surface area contributed by atoms with Crippen LogP contribution in [-0.2, 0) is 22.6 Å². The maximum Gasteiger partial charge on any atom is 0.335 e. The highest BCUT2D eigenvalue weighted by atomic mass is 16.5. The van der Waals surface area contributed by atoms with Gasteiger partial charge in [-0.1, -0.05) is 24.3 Å². The van der Waals surface area contributed by atoms with Gasteiger partial charge in [-0.25, -0.2) is 4.79 Å². The van der Waals surface area contributed by atoms with E-state index in [1.807, 2.05) is 24.3 Å². The van der Waals surface area contributed by atoms with Gasteiger partial charge in [0.1, 0.15) is 0 Å². The first-order chi connectivity index (χ1) is 12.1. The Morgan fingerprint density at radius 3 is 2.60 bits per heavy atom. The molecule has 0 spiro atoms. The molecule has 3 rings (SSSR count). The predicted octanol–water partition coefficient (Wildman–Crippen LogP) is 3.49. The van der Waals surface area contributed by atoms with Gasteiger partial charge in [0.2, 0.25) is 5.91 Å². The second-order valence-electron chi connectivity index (χ2n) is 6.39. The Morgan fingerprint density at radius 1 is 1.08 bits per heavy atom. The van der Waals surface area contributed by atoms with Crippen molar-refractivity contribution in [2.45, 2.75) is 25.9 Å². The maximum atomic E-state index is 12.2. The molecule has 130 valence electrons. The van der Waals surface area contributed by atoms with Crippen molar-refractivity contribution >= 4 is 17.6 Å². The summed E-state index contributed by atoms with van der Waals surface area (Å²) in [4.78, 5) is 23.2. The Labute approximate surface area is 146 Å². The average Bonchev–Trinajstić information content (AvgIpc) is 3.39. The number of carboxylic acid groups (broad SMARTS) is 1. The van der Waals surface area contributed by atoms with Crippen molar-refractivity contribution in [3.05, 3.63) is 65.2 Å². The fourth-order valence-corrected chi connectivity index (χ4v) is 2.57. The van der Waals surface area contributed by atoms with E-state index in [2.05, 4.69) is 5.32 Å². The zero-order valence-corrected chi connectivity index (χ0v) is 13.9. The zero-order valence-electron chi connectivity index (χ0n) is 13.9. The Bertz CT molecular complexity index is 768. The molecule has 0 atom stereocenters. The largest absolute Gasteiger partial charge is 0.478 e. The minimum atomic E-state index is -0.999. The number of anilines is 1. The molecule has 0 aliphatic heterocycles. The van der Waals surface area contributed by atoms with Crippen LogP contribution >= 0.6 is 0 Å². The van der Waals surface area contributed by atoms with E-state index >= 15 is 0 Å². The summed E-state index contributed by atoms with van der Waals surface area (Å²) in [5.74, 6) is -0.454. The molecule has 1 fully saturated rings. The molecule has 25 heavy (non-hydrogen) atoms. The van der Waals surface area contributed by atoms with Gasteiger partial charge in [-0.15, -0.1) is 0 Å². The predicted molar refractivity (Wildman–Crippen MR) is 94.6 cm³/mol. The van der Waals surface area contributed by atoms with Crippen LogP contribution in [0.4, 0.5) is 5.69 Å². The van der Waals surface area contributed by atoms with Crippen LogP contribution in [-0.4, -0.2) is 23.6 Å². The number of nitrogens with one attached hydrogen (secondary N) is 1. The van der Waals surface area contributed by atoms with Gasteiger partial charge in [-0.2, -0.15) is 0 Å². The van der Waals surface area contributed by atoms with Gasteiger partial charge in [0, 0.05) is 12.3 Å². The number of hydrogen-bond acceptors (Lipinski definition) is 3.